The Morgan fingerprint density at radius 3 is 2.30 bits per heavy atom. The van der Waals surface area contributed by atoms with Gasteiger partial charge in [0.15, 0.2) is 0 Å². The Morgan fingerprint density at radius 2 is 1.65 bits per heavy atom. The minimum atomic E-state index is 0.431. The summed E-state index contributed by atoms with van der Waals surface area (Å²) in [5.74, 6) is 0. The molecule has 104 valence electrons. The molecule has 0 unspecified atom stereocenters. The van der Waals surface area contributed by atoms with Gasteiger partial charge in [-0.05, 0) is 24.3 Å². The van der Waals surface area contributed by atoms with Crippen molar-refractivity contribution < 1.29 is 0 Å². The Bertz CT molecular complexity index is 621. The van der Waals surface area contributed by atoms with Crippen molar-refractivity contribution >= 4 is 52.6 Å². The lowest BCUT2D eigenvalue weighted by Crippen LogP contribution is -2.06. The van der Waals surface area contributed by atoms with Gasteiger partial charge in [-0.1, -0.05) is 58.5 Å². The normalized spacial score (nSPS) is 11.0. The van der Waals surface area contributed by atoms with E-state index in [1.54, 1.807) is 42.6 Å². The Hall–Kier alpha value is -0.930. The summed E-state index contributed by atoms with van der Waals surface area (Å²) in [5.41, 5.74) is 4.46. The number of halogens is 4. The highest BCUT2D eigenvalue weighted by molar-refractivity contribution is 6.36. The molecule has 0 spiro atoms. The maximum Gasteiger partial charge on any atom is 0.0609 e. The molecule has 0 fully saturated rings. The zero-order valence-electron chi connectivity index (χ0n) is 10.2. The Labute approximate surface area is 137 Å². The summed E-state index contributed by atoms with van der Waals surface area (Å²) < 4.78 is 0. The third-order valence-electron chi connectivity index (χ3n) is 2.57. The van der Waals surface area contributed by atoms with Gasteiger partial charge in [-0.25, -0.2) is 0 Å². The monoisotopic (exact) mass is 346 g/mol. The molecule has 0 aromatic heterocycles. The molecule has 0 aliphatic rings. The number of hydrazone groups is 1. The highest BCUT2D eigenvalue weighted by atomic mass is 35.5. The van der Waals surface area contributed by atoms with Gasteiger partial charge in [-0.3, -0.25) is 0 Å². The first-order chi connectivity index (χ1) is 9.58. The molecule has 0 atom stereocenters. The van der Waals surface area contributed by atoms with Crippen molar-refractivity contribution in [1.82, 2.24) is 5.43 Å². The second kappa shape index (κ2) is 7.19. The smallest absolute Gasteiger partial charge is 0.0609 e. The molecule has 2 nitrogen and oxygen atoms in total. The van der Waals surface area contributed by atoms with E-state index in [-0.39, 0.29) is 0 Å². The SMILES string of the molecule is Clc1ccc(/C=N/NCc2c(Cl)cccc2Cl)c(Cl)c1. The predicted octanol–water partition coefficient (Wildman–Crippen LogP) is 5.42. The van der Waals surface area contributed by atoms with Gasteiger partial charge in [0.2, 0.25) is 0 Å². The van der Waals surface area contributed by atoms with Crippen LogP contribution >= 0.6 is 46.4 Å². The zero-order valence-corrected chi connectivity index (χ0v) is 13.2. The van der Waals surface area contributed by atoms with Crippen molar-refractivity contribution in [3.05, 3.63) is 67.6 Å². The molecule has 6 heteroatoms. The van der Waals surface area contributed by atoms with Crippen LogP contribution in [0.4, 0.5) is 0 Å². The second-order valence-electron chi connectivity index (χ2n) is 3.96. The first-order valence-electron chi connectivity index (χ1n) is 5.72. The minimum absolute atomic E-state index is 0.431. The summed E-state index contributed by atoms with van der Waals surface area (Å²) in [6.45, 7) is 0.431. The van der Waals surface area contributed by atoms with E-state index in [0.29, 0.717) is 26.6 Å². The summed E-state index contributed by atoms with van der Waals surface area (Å²) in [7, 11) is 0. The maximum absolute atomic E-state index is 6.06. The molecule has 0 bridgehead atoms. The van der Waals surface area contributed by atoms with Crippen molar-refractivity contribution in [3.63, 3.8) is 0 Å². The summed E-state index contributed by atoms with van der Waals surface area (Å²) in [4.78, 5) is 0. The molecule has 0 saturated heterocycles. The lowest BCUT2D eigenvalue weighted by Gasteiger charge is -2.06. The van der Waals surface area contributed by atoms with Crippen LogP contribution in [0.1, 0.15) is 11.1 Å². The second-order valence-corrected chi connectivity index (χ2v) is 5.62. The largest absolute Gasteiger partial charge is 0.306 e. The molecule has 0 amide bonds. The first kappa shape index (κ1) is 15.5. The van der Waals surface area contributed by atoms with Gasteiger partial charge in [0.05, 0.1) is 17.8 Å². The van der Waals surface area contributed by atoms with Crippen LogP contribution < -0.4 is 5.43 Å². The molecule has 0 aliphatic heterocycles. The molecule has 2 aromatic rings. The molecule has 0 radical (unpaired) electrons. The molecule has 2 rings (SSSR count). The fraction of sp³-hybridized carbons (Fsp3) is 0.0714. The minimum Gasteiger partial charge on any atom is -0.306 e. The fourth-order valence-electron chi connectivity index (χ4n) is 1.55. The predicted molar refractivity (Wildman–Crippen MR) is 87.4 cm³/mol. The molecule has 0 aliphatic carbocycles. The molecule has 1 N–H and O–H groups in total. The summed E-state index contributed by atoms with van der Waals surface area (Å²) in [6, 6.07) is 10.6. The van der Waals surface area contributed by atoms with Gasteiger partial charge in [0, 0.05) is 26.2 Å². The van der Waals surface area contributed by atoms with Gasteiger partial charge in [-0.15, -0.1) is 0 Å². The van der Waals surface area contributed by atoms with Crippen LogP contribution in [0.2, 0.25) is 20.1 Å². The van der Waals surface area contributed by atoms with E-state index < -0.39 is 0 Å². The van der Waals surface area contributed by atoms with Crippen LogP contribution in [-0.2, 0) is 6.54 Å². The summed E-state index contributed by atoms with van der Waals surface area (Å²) in [5, 5.41) is 6.42. The number of hydrogen-bond donors (Lipinski definition) is 1. The lowest BCUT2D eigenvalue weighted by molar-refractivity contribution is 0.748. The van der Waals surface area contributed by atoms with Crippen molar-refractivity contribution in [1.29, 1.82) is 0 Å². The van der Waals surface area contributed by atoms with E-state index in [2.05, 4.69) is 10.5 Å². The number of nitrogens with zero attached hydrogens (tertiary/aromatic N) is 1. The third-order valence-corrected chi connectivity index (χ3v) is 3.85. The van der Waals surface area contributed by atoms with Crippen LogP contribution in [0.3, 0.4) is 0 Å². The number of benzene rings is 2. The van der Waals surface area contributed by atoms with Crippen molar-refractivity contribution in [2.75, 3.05) is 0 Å². The average molecular weight is 348 g/mol. The summed E-state index contributed by atoms with van der Waals surface area (Å²) in [6.07, 6.45) is 1.61. The van der Waals surface area contributed by atoms with Gasteiger partial charge >= 0.3 is 0 Å². The van der Waals surface area contributed by atoms with E-state index in [1.807, 2.05) is 0 Å². The molecular formula is C14H10Cl4N2. The molecule has 20 heavy (non-hydrogen) atoms. The third kappa shape index (κ3) is 4.03. The van der Waals surface area contributed by atoms with Crippen LogP contribution in [0.15, 0.2) is 41.5 Å². The topological polar surface area (TPSA) is 24.4 Å². The van der Waals surface area contributed by atoms with E-state index in [4.69, 9.17) is 46.4 Å². The van der Waals surface area contributed by atoms with Crippen LogP contribution in [-0.4, -0.2) is 6.21 Å². The quantitative estimate of drug-likeness (QED) is 0.579. The Morgan fingerprint density at radius 1 is 0.950 bits per heavy atom. The Balaban J connectivity index is 2.01. The highest BCUT2D eigenvalue weighted by Crippen LogP contribution is 2.24. The molecule has 0 heterocycles. The lowest BCUT2D eigenvalue weighted by atomic mass is 10.2. The van der Waals surface area contributed by atoms with Gasteiger partial charge < -0.3 is 5.43 Å². The number of rotatable bonds is 4. The van der Waals surface area contributed by atoms with E-state index in [1.165, 1.54) is 0 Å². The molecule has 2 aromatic carbocycles. The standard InChI is InChI=1S/C14H10Cl4N2/c15-10-5-4-9(14(18)6-10)7-19-20-8-11-12(16)2-1-3-13(11)17/h1-7,20H,8H2/b19-7+. The van der Waals surface area contributed by atoms with Crippen LogP contribution in [0.25, 0.3) is 0 Å². The number of hydrogen-bond acceptors (Lipinski definition) is 2. The van der Waals surface area contributed by atoms with Crippen LogP contribution in [0.5, 0.6) is 0 Å². The van der Waals surface area contributed by atoms with E-state index in [9.17, 15) is 0 Å². The van der Waals surface area contributed by atoms with E-state index in [0.717, 1.165) is 11.1 Å². The van der Waals surface area contributed by atoms with Gasteiger partial charge in [0.25, 0.3) is 0 Å². The van der Waals surface area contributed by atoms with Crippen molar-refractivity contribution in [3.8, 4) is 0 Å². The number of nitrogens with one attached hydrogen (secondary N) is 1. The van der Waals surface area contributed by atoms with Gasteiger partial charge in [0.1, 0.15) is 0 Å². The van der Waals surface area contributed by atoms with Crippen molar-refractivity contribution in [2.45, 2.75) is 6.54 Å². The Kier molecular flexibility index (Phi) is 5.55. The molecule has 0 saturated carbocycles. The van der Waals surface area contributed by atoms with Crippen LogP contribution in [0, 0.1) is 0 Å². The maximum atomic E-state index is 6.06. The molecular weight excluding hydrogens is 338 g/mol. The highest BCUT2D eigenvalue weighted by Gasteiger charge is 2.04. The van der Waals surface area contributed by atoms with E-state index >= 15 is 0 Å². The average Bonchev–Trinajstić information content (AvgIpc) is 2.39. The zero-order chi connectivity index (χ0) is 14.5. The van der Waals surface area contributed by atoms with Gasteiger partial charge in [-0.2, -0.15) is 5.10 Å². The van der Waals surface area contributed by atoms with Crippen molar-refractivity contribution in [2.24, 2.45) is 5.10 Å². The fourth-order valence-corrected chi connectivity index (χ4v) is 2.54. The first-order valence-corrected chi connectivity index (χ1v) is 7.23. The summed E-state index contributed by atoms with van der Waals surface area (Å²) >= 11 is 24.0.